The van der Waals surface area contributed by atoms with Gasteiger partial charge < -0.3 is 15.8 Å². The van der Waals surface area contributed by atoms with Crippen molar-refractivity contribution in [2.45, 2.75) is 32.0 Å². The van der Waals surface area contributed by atoms with E-state index in [1.807, 2.05) is 5.38 Å². The highest BCUT2D eigenvalue weighted by atomic mass is 32.1. The molecule has 88 valence electrons. The molecule has 1 aromatic heterocycles. The summed E-state index contributed by atoms with van der Waals surface area (Å²) in [4.78, 5) is 8.60. The smallest absolute Gasteiger partial charge is 0.189 e. The third-order valence-corrected chi connectivity index (χ3v) is 3.08. The predicted octanol–water partition coefficient (Wildman–Crippen LogP) is 0.856. The van der Waals surface area contributed by atoms with Gasteiger partial charge in [-0.1, -0.05) is 0 Å². The Morgan fingerprint density at radius 3 is 3.25 bits per heavy atom. The van der Waals surface area contributed by atoms with Crippen LogP contribution in [0.3, 0.4) is 0 Å². The summed E-state index contributed by atoms with van der Waals surface area (Å²) in [6.45, 7) is 1.09. The number of hydrogen-bond acceptors (Lipinski definition) is 4. The highest BCUT2D eigenvalue weighted by molar-refractivity contribution is 7.09. The lowest BCUT2D eigenvalue weighted by atomic mass is 10.5. The number of methoxy groups -OCH3 is 1. The van der Waals surface area contributed by atoms with Gasteiger partial charge in [0.05, 0.1) is 18.8 Å². The van der Waals surface area contributed by atoms with Crippen molar-refractivity contribution in [2.24, 2.45) is 10.7 Å². The lowest BCUT2D eigenvalue weighted by Gasteiger charge is -2.01. The second kappa shape index (κ2) is 5.27. The van der Waals surface area contributed by atoms with Crippen molar-refractivity contribution in [1.29, 1.82) is 0 Å². The van der Waals surface area contributed by atoms with Gasteiger partial charge in [0, 0.05) is 18.5 Å². The van der Waals surface area contributed by atoms with E-state index in [1.165, 1.54) is 12.8 Å². The Labute approximate surface area is 98.7 Å². The van der Waals surface area contributed by atoms with Crippen LogP contribution >= 0.6 is 11.3 Å². The van der Waals surface area contributed by atoms with Gasteiger partial charge in [-0.25, -0.2) is 9.98 Å². The second-order valence-corrected chi connectivity index (χ2v) is 4.73. The molecule has 0 bridgehead atoms. The molecule has 0 saturated heterocycles. The van der Waals surface area contributed by atoms with E-state index in [4.69, 9.17) is 10.5 Å². The molecule has 3 N–H and O–H groups in total. The van der Waals surface area contributed by atoms with E-state index < -0.39 is 0 Å². The van der Waals surface area contributed by atoms with Crippen molar-refractivity contribution < 1.29 is 4.74 Å². The van der Waals surface area contributed by atoms with Crippen LogP contribution in [0, 0.1) is 0 Å². The first-order chi connectivity index (χ1) is 7.78. The zero-order valence-electron chi connectivity index (χ0n) is 9.27. The number of nitrogens with two attached hydrogens (primary N) is 1. The first-order valence-electron chi connectivity index (χ1n) is 5.26. The Morgan fingerprint density at radius 2 is 2.56 bits per heavy atom. The minimum atomic E-state index is 0.517. The van der Waals surface area contributed by atoms with Crippen LogP contribution in [0.2, 0.25) is 0 Å². The molecule has 0 amide bonds. The normalized spacial score (nSPS) is 16.4. The molecule has 1 aliphatic rings. The van der Waals surface area contributed by atoms with Crippen LogP contribution in [-0.2, 0) is 17.9 Å². The van der Waals surface area contributed by atoms with Crippen LogP contribution in [0.5, 0.6) is 0 Å². The average Bonchev–Trinajstić information content (AvgIpc) is 2.95. The van der Waals surface area contributed by atoms with Crippen molar-refractivity contribution in [1.82, 2.24) is 10.3 Å². The van der Waals surface area contributed by atoms with Crippen LogP contribution in [0.1, 0.15) is 23.5 Å². The molecule has 5 nitrogen and oxygen atoms in total. The maximum atomic E-state index is 5.72. The molecule has 1 aromatic rings. The summed E-state index contributed by atoms with van der Waals surface area (Å²) < 4.78 is 5.00. The predicted molar refractivity (Wildman–Crippen MR) is 64.3 cm³/mol. The molecule has 16 heavy (non-hydrogen) atoms. The molecule has 2 rings (SSSR count). The molecule has 1 aliphatic carbocycles. The van der Waals surface area contributed by atoms with Crippen molar-refractivity contribution in [3.8, 4) is 0 Å². The van der Waals surface area contributed by atoms with Gasteiger partial charge in [0.15, 0.2) is 5.96 Å². The van der Waals surface area contributed by atoms with Crippen molar-refractivity contribution in [3.05, 3.63) is 16.1 Å². The Morgan fingerprint density at radius 1 is 1.75 bits per heavy atom. The molecule has 0 spiro atoms. The van der Waals surface area contributed by atoms with E-state index in [1.54, 1.807) is 18.4 Å². The number of rotatable bonds is 5. The van der Waals surface area contributed by atoms with Crippen LogP contribution in [-0.4, -0.2) is 24.1 Å². The fourth-order valence-electron chi connectivity index (χ4n) is 1.26. The quantitative estimate of drug-likeness (QED) is 0.591. The first-order valence-corrected chi connectivity index (χ1v) is 6.14. The molecule has 1 saturated carbocycles. The van der Waals surface area contributed by atoms with E-state index in [9.17, 15) is 0 Å². The number of thiazole rings is 1. The van der Waals surface area contributed by atoms with Gasteiger partial charge in [0.1, 0.15) is 5.01 Å². The Balaban J connectivity index is 1.82. The van der Waals surface area contributed by atoms with Crippen LogP contribution in [0.25, 0.3) is 0 Å². The third kappa shape index (κ3) is 3.46. The van der Waals surface area contributed by atoms with Gasteiger partial charge in [-0.05, 0) is 12.8 Å². The maximum Gasteiger partial charge on any atom is 0.189 e. The summed E-state index contributed by atoms with van der Waals surface area (Å²) >= 11 is 1.59. The molecule has 1 heterocycles. The van der Waals surface area contributed by atoms with E-state index in [0.717, 1.165) is 10.7 Å². The molecule has 6 heteroatoms. The van der Waals surface area contributed by atoms with Crippen LogP contribution < -0.4 is 11.1 Å². The number of hydrogen-bond donors (Lipinski definition) is 2. The summed E-state index contributed by atoms with van der Waals surface area (Å²) in [7, 11) is 1.66. The minimum absolute atomic E-state index is 0.517. The number of aliphatic imine (C=N–C) groups is 1. The van der Waals surface area contributed by atoms with Crippen LogP contribution in [0.4, 0.5) is 0 Å². The number of nitrogens with one attached hydrogen (secondary N) is 1. The van der Waals surface area contributed by atoms with Crippen molar-refractivity contribution in [3.63, 3.8) is 0 Å². The molecular weight excluding hydrogens is 224 g/mol. The maximum absolute atomic E-state index is 5.72. The minimum Gasteiger partial charge on any atom is -0.378 e. The number of aromatic nitrogens is 1. The van der Waals surface area contributed by atoms with Gasteiger partial charge in [0.25, 0.3) is 0 Å². The van der Waals surface area contributed by atoms with Gasteiger partial charge in [-0.3, -0.25) is 0 Å². The van der Waals surface area contributed by atoms with Gasteiger partial charge in [-0.2, -0.15) is 0 Å². The van der Waals surface area contributed by atoms with Crippen LogP contribution in [0.15, 0.2) is 10.4 Å². The highest BCUT2D eigenvalue weighted by Gasteiger charge is 2.21. The number of nitrogens with zero attached hydrogens (tertiary/aromatic N) is 2. The second-order valence-electron chi connectivity index (χ2n) is 3.79. The van der Waals surface area contributed by atoms with Gasteiger partial charge >= 0.3 is 0 Å². The fraction of sp³-hybridized carbons (Fsp3) is 0.600. The molecule has 1 fully saturated rings. The molecule has 0 atom stereocenters. The largest absolute Gasteiger partial charge is 0.378 e. The Bertz CT molecular complexity index is 373. The van der Waals surface area contributed by atoms with Crippen molar-refractivity contribution in [2.75, 3.05) is 7.11 Å². The summed E-state index contributed by atoms with van der Waals surface area (Å²) in [5.41, 5.74) is 6.66. The summed E-state index contributed by atoms with van der Waals surface area (Å²) in [6, 6.07) is 0.545. The molecule has 0 aromatic carbocycles. The topological polar surface area (TPSA) is 72.5 Å². The fourth-order valence-corrected chi connectivity index (χ4v) is 2.02. The SMILES string of the molecule is COCc1nc(CN=C(N)NC2CC2)cs1. The first kappa shape index (κ1) is 11.3. The number of guanidine groups is 1. The zero-order chi connectivity index (χ0) is 11.4. The van der Waals surface area contributed by atoms with Gasteiger partial charge in [-0.15, -0.1) is 11.3 Å². The highest BCUT2D eigenvalue weighted by Crippen LogP contribution is 2.18. The zero-order valence-corrected chi connectivity index (χ0v) is 10.1. The monoisotopic (exact) mass is 240 g/mol. The summed E-state index contributed by atoms with van der Waals surface area (Å²) in [5.74, 6) is 0.517. The summed E-state index contributed by atoms with van der Waals surface area (Å²) in [5, 5.41) is 6.10. The van der Waals surface area contributed by atoms with E-state index in [0.29, 0.717) is 25.2 Å². The Hall–Kier alpha value is -1.14. The molecule has 0 aliphatic heterocycles. The lowest BCUT2D eigenvalue weighted by Crippen LogP contribution is -2.33. The number of ether oxygens (including phenoxy) is 1. The third-order valence-electron chi connectivity index (χ3n) is 2.21. The van der Waals surface area contributed by atoms with E-state index in [2.05, 4.69) is 15.3 Å². The lowest BCUT2D eigenvalue weighted by molar-refractivity contribution is 0.184. The van der Waals surface area contributed by atoms with E-state index in [-0.39, 0.29) is 0 Å². The van der Waals surface area contributed by atoms with Crippen molar-refractivity contribution >= 4 is 17.3 Å². The van der Waals surface area contributed by atoms with Gasteiger partial charge in [0.2, 0.25) is 0 Å². The summed E-state index contributed by atoms with van der Waals surface area (Å²) in [6.07, 6.45) is 2.40. The molecular formula is C10H16N4OS. The Kier molecular flexibility index (Phi) is 3.74. The molecule has 0 unspecified atom stereocenters. The van der Waals surface area contributed by atoms with E-state index >= 15 is 0 Å². The standard InChI is InChI=1S/C10H16N4OS/c1-15-5-9-13-8(6-16-9)4-12-10(11)14-7-2-3-7/h6-7H,2-5H2,1H3,(H3,11,12,14). The molecule has 0 radical (unpaired) electrons. The average molecular weight is 240 g/mol.